The third-order valence-corrected chi connectivity index (χ3v) is 2.34. The lowest BCUT2D eigenvalue weighted by Crippen LogP contribution is -2.37. The van der Waals surface area contributed by atoms with Crippen molar-refractivity contribution in [1.29, 1.82) is 0 Å². The molecule has 0 saturated heterocycles. The highest BCUT2D eigenvalue weighted by Gasteiger charge is 2.21. The van der Waals surface area contributed by atoms with E-state index in [0.29, 0.717) is 12.8 Å². The number of hydrogen-bond acceptors (Lipinski definition) is 2. The Morgan fingerprint density at radius 2 is 1.85 bits per heavy atom. The van der Waals surface area contributed by atoms with Gasteiger partial charge < -0.3 is 5.73 Å². The largest absolute Gasteiger partial charge is 0.321 e. The molecule has 2 N–H and O–H groups in total. The number of carbonyl (C=O) groups is 1. The molecule has 13 heavy (non-hydrogen) atoms. The van der Waals surface area contributed by atoms with E-state index in [2.05, 4.69) is 0 Å². The SMILES string of the molecule is Cl.NC1Cc2ccccc2CC1=O. The van der Waals surface area contributed by atoms with Crippen LogP contribution in [-0.4, -0.2) is 11.8 Å². The molecule has 1 aromatic carbocycles. The highest BCUT2D eigenvalue weighted by atomic mass is 35.5. The molecule has 0 aliphatic heterocycles. The summed E-state index contributed by atoms with van der Waals surface area (Å²) in [5.74, 6) is 0.161. The predicted molar refractivity (Wildman–Crippen MR) is 54.1 cm³/mol. The van der Waals surface area contributed by atoms with Gasteiger partial charge in [-0.05, 0) is 17.5 Å². The summed E-state index contributed by atoms with van der Waals surface area (Å²) in [6, 6.07) is 7.71. The first-order valence-electron chi connectivity index (χ1n) is 4.12. The summed E-state index contributed by atoms with van der Waals surface area (Å²) in [5.41, 5.74) is 8.01. The zero-order valence-electron chi connectivity index (χ0n) is 7.19. The Kier molecular flexibility index (Phi) is 3.07. The number of ketones is 1. The molecule has 0 saturated carbocycles. The van der Waals surface area contributed by atoms with Crippen molar-refractivity contribution in [3.63, 3.8) is 0 Å². The molecule has 0 bridgehead atoms. The van der Waals surface area contributed by atoms with E-state index in [9.17, 15) is 4.79 Å². The van der Waals surface area contributed by atoms with E-state index < -0.39 is 0 Å². The van der Waals surface area contributed by atoms with Gasteiger partial charge in [-0.1, -0.05) is 24.3 Å². The quantitative estimate of drug-likeness (QED) is 0.677. The van der Waals surface area contributed by atoms with E-state index in [1.807, 2.05) is 24.3 Å². The second-order valence-electron chi connectivity index (χ2n) is 3.22. The molecule has 0 aromatic heterocycles. The first kappa shape index (κ1) is 10.2. The number of rotatable bonds is 0. The number of Topliss-reactive ketones (excluding diaryl/α,β-unsaturated/α-hetero) is 1. The number of fused-ring (bicyclic) bond motifs is 1. The van der Waals surface area contributed by atoms with Crippen LogP contribution >= 0.6 is 12.4 Å². The Labute approximate surface area is 83.5 Å². The first-order chi connectivity index (χ1) is 5.77. The number of nitrogens with two attached hydrogens (primary N) is 1. The molecular weight excluding hydrogens is 186 g/mol. The van der Waals surface area contributed by atoms with Crippen molar-refractivity contribution in [3.8, 4) is 0 Å². The summed E-state index contributed by atoms with van der Waals surface area (Å²) in [7, 11) is 0. The number of hydrogen-bond donors (Lipinski definition) is 1. The van der Waals surface area contributed by atoms with Crippen molar-refractivity contribution in [2.45, 2.75) is 18.9 Å². The molecule has 1 aromatic rings. The van der Waals surface area contributed by atoms with Crippen LogP contribution in [0.4, 0.5) is 0 Å². The third kappa shape index (κ3) is 1.90. The Balaban J connectivity index is 0.000000845. The average molecular weight is 198 g/mol. The molecule has 1 unspecified atom stereocenters. The number of halogens is 1. The summed E-state index contributed by atoms with van der Waals surface area (Å²) in [6.45, 7) is 0. The van der Waals surface area contributed by atoms with Gasteiger partial charge in [-0.3, -0.25) is 4.79 Å². The van der Waals surface area contributed by atoms with Gasteiger partial charge >= 0.3 is 0 Å². The lowest BCUT2D eigenvalue weighted by Gasteiger charge is -2.19. The van der Waals surface area contributed by atoms with E-state index in [1.165, 1.54) is 5.56 Å². The Hall–Kier alpha value is -0.860. The molecule has 3 heteroatoms. The minimum Gasteiger partial charge on any atom is -0.321 e. The fourth-order valence-corrected chi connectivity index (χ4v) is 1.60. The van der Waals surface area contributed by atoms with Crippen molar-refractivity contribution < 1.29 is 4.79 Å². The maximum absolute atomic E-state index is 11.2. The van der Waals surface area contributed by atoms with Gasteiger partial charge in [0.1, 0.15) is 0 Å². The summed E-state index contributed by atoms with van der Waals surface area (Å²) >= 11 is 0. The molecule has 1 aliphatic rings. The van der Waals surface area contributed by atoms with Crippen molar-refractivity contribution in [2.75, 3.05) is 0 Å². The zero-order chi connectivity index (χ0) is 8.55. The van der Waals surface area contributed by atoms with Gasteiger partial charge in [0.25, 0.3) is 0 Å². The van der Waals surface area contributed by atoms with Gasteiger partial charge in [-0.15, -0.1) is 12.4 Å². The molecule has 70 valence electrons. The fourth-order valence-electron chi connectivity index (χ4n) is 1.60. The topological polar surface area (TPSA) is 43.1 Å². The maximum Gasteiger partial charge on any atom is 0.154 e. The van der Waals surface area contributed by atoms with Crippen LogP contribution in [0.25, 0.3) is 0 Å². The third-order valence-electron chi connectivity index (χ3n) is 2.34. The minimum atomic E-state index is -0.278. The lowest BCUT2D eigenvalue weighted by molar-refractivity contribution is -0.120. The van der Waals surface area contributed by atoms with E-state index in [0.717, 1.165) is 5.56 Å². The Morgan fingerprint density at radius 3 is 2.54 bits per heavy atom. The van der Waals surface area contributed by atoms with Crippen LogP contribution in [0.5, 0.6) is 0 Å². The molecule has 2 rings (SSSR count). The van der Waals surface area contributed by atoms with Gasteiger partial charge in [0.05, 0.1) is 6.04 Å². The summed E-state index contributed by atoms with van der Waals surface area (Å²) in [6.07, 6.45) is 1.21. The van der Waals surface area contributed by atoms with E-state index in [-0.39, 0.29) is 24.2 Å². The smallest absolute Gasteiger partial charge is 0.154 e. The second kappa shape index (κ2) is 3.90. The molecule has 1 atom stereocenters. The number of benzene rings is 1. The van der Waals surface area contributed by atoms with Crippen LogP contribution in [0.3, 0.4) is 0 Å². The molecule has 1 aliphatic carbocycles. The van der Waals surface area contributed by atoms with Crippen LogP contribution in [-0.2, 0) is 17.6 Å². The zero-order valence-corrected chi connectivity index (χ0v) is 8.01. The average Bonchev–Trinajstić information content (AvgIpc) is 2.07. The number of carbonyl (C=O) groups excluding carboxylic acids is 1. The van der Waals surface area contributed by atoms with Crippen molar-refractivity contribution in [1.82, 2.24) is 0 Å². The van der Waals surface area contributed by atoms with Gasteiger partial charge in [-0.2, -0.15) is 0 Å². The van der Waals surface area contributed by atoms with Gasteiger partial charge in [0.2, 0.25) is 0 Å². The Morgan fingerprint density at radius 1 is 1.23 bits per heavy atom. The molecule has 2 nitrogen and oxygen atoms in total. The monoisotopic (exact) mass is 197 g/mol. The van der Waals surface area contributed by atoms with E-state index in [1.54, 1.807) is 0 Å². The Bertz CT molecular complexity index is 324. The fraction of sp³-hybridized carbons (Fsp3) is 0.300. The second-order valence-corrected chi connectivity index (χ2v) is 3.22. The van der Waals surface area contributed by atoms with Crippen LogP contribution < -0.4 is 5.73 Å². The first-order valence-corrected chi connectivity index (χ1v) is 4.12. The van der Waals surface area contributed by atoms with Crippen LogP contribution in [0, 0.1) is 0 Å². The minimum absolute atomic E-state index is 0. The molecule has 0 radical (unpaired) electrons. The standard InChI is InChI=1S/C10H11NO.ClH/c11-9-5-7-3-1-2-4-8(7)6-10(9)12;/h1-4,9H,5-6,11H2;1H. The molecular formula is C10H12ClNO. The molecule has 0 amide bonds. The maximum atomic E-state index is 11.2. The van der Waals surface area contributed by atoms with Crippen LogP contribution in [0.2, 0.25) is 0 Å². The lowest BCUT2D eigenvalue weighted by atomic mass is 9.88. The van der Waals surface area contributed by atoms with Crippen molar-refractivity contribution >= 4 is 18.2 Å². The van der Waals surface area contributed by atoms with Gasteiger partial charge in [-0.25, -0.2) is 0 Å². The highest BCUT2D eigenvalue weighted by molar-refractivity contribution is 5.88. The molecule has 0 spiro atoms. The normalized spacial score (nSPS) is 20.4. The van der Waals surface area contributed by atoms with Gasteiger partial charge in [0.15, 0.2) is 5.78 Å². The van der Waals surface area contributed by atoms with Crippen LogP contribution in [0.1, 0.15) is 11.1 Å². The highest BCUT2D eigenvalue weighted by Crippen LogP contribution is 2.17. The van der Waals surface area contributed by atoms with Gasteiger partial charge in [0, 0.05) is 6.42 Å². The van der Waals surface area contributed by atoms with Crippen molar-refractivity contribution in [2.24, 2.45) is 5.73 Å². The summed E-state index contributed by atoms with van der Waals surface area (Å²) < 4.78 is 0. The van der Waals surface area contributed by atoms with Crippen LogP contribution in [0.15, 0.2) is 24.3 Å². The molecule has 0 heterocycles. The molecule has 0 fully saturated rings. The van der Waals surface area contributed by atoms with E-state index >= 15 is 0 Å². The van der Waals surface area contributed by atoms with E-state index in [4.69, 9.17) is 5.73 Å². The summed E-state index contributed by atoms with van der Waals surface area (Å²) in [5, 5.41) is 0. The van der Waals surface area contributed by atoms with Crippen molar-refractivity contribution in [3.05, 3.63) is 35.4 Å². The summed E-state index contributed by atoms with van der Waals surface area (Å²) in [4.78, 5) is 11.2. The predicted octanol–water partition coefficient (Wildman–Crippen LogP) is 1.10.